The molecule has 0 aromatic heterocycles. The van der Waals surface area contributed by atoms with Crippen LogP contribution in [0.15, 0.2) is 36.4 Å². The van der Waals surface area contributed by atoms with E-state index in [1.165, 1.54) is 22.0 Å². The Morgan fingerprint density at radius 2 is 2.00 bits per heavy atom. The fraction of sp³-hybridized carbons (Fsp3) is 0.450. The predicted molar refractivity (Wildman–Crippen MR) is 98.7 cm³/mol. The Morgan fingerprint density at radius 1 is 1.25 bits per heavy atom. The fourth-order valence-corrected chi connectivity index (χ4v) is 3.31. The maximum atomic E-state index is 11.9. The first kappa shape index (κ1) is 16.6. The number of benzene rings is 2. The van der Waals surface area contributed by atoms with Crippen molar-refractivity contribution in [2.75, 3.05) is 18.0 Å². The molecule has 0 saturated heterocycles. The molecule has 24 heavy (non-hydrogen) atoms. The molecule has 2 aromatic rings. The van der Waals surface area contributed by atoms with Crippen molar-refractivity contribution in [1.29, 1.82) is 0 Å². The SMILES string of the molecule is C[C@H](CN1CCc2ccc3ccccc3c21)NC(=O)OC(C)(C)C. The molecule has 0 saturated carbocycles. The van der Waals surface area contributed by atoms with Crippen LogP contribution in [0.3, 0.4) is 0 Å². The van der Waals surface area contributed by atoms with Crippen LogP contribution in [0.25, 0.3) is 10.8 Å². The number of nitrogens with zero attached hydrogens (tertiary/aromatic N) is 1. The Balaban J connectivity index is 1.72. The Morgan fingerprint density at radius 3 is 2.75 bits per heavy atom. The molecule has 0 radical (unpaired) electrons. The summed E-state index contributed by atoms with van der Waals surface area (Å²) in [4.78, 5) is 14.3. The van der Waals surface area contributed by atoms with E-state index in [2.05, 4.69) is 46.6 Å². The maximum absolute atomic E-state index is 11.9. The molecule has 1 N–H and O–H groups in total. The van der Waals surface area contributed by atoms with Gasteiger partial charge in [0.2, 0.25) is 0 Å². The molecule has 4 nitrogen and oxygen atoms in total. The van der Waals surface area contributed by atoms with Crippen LogP contribution in [0.4, 0.5) is 10.5 Å². The molecule has 1 heterocycles. The van der Waals surface area contributed by atoms with Crippen molar-refractivity contribution in [2.24, 2.45) is 0 Å². The lowest BCUT2D eigenvalue weighted by Gasteiger charge is -2.27. The number of nitrogens with one attached hydrogen (secondary N) is 1. The zero-order valence-corrected chi connectivity index (χ0v) is 14.9. The molecule has 1 aliphatic heterocycles. The molecule has 0 unspecified atom stereocenters. The number of amides is 1. The highest BCUT2D eigenvalue weighted by Gasteiger charge is 2.24. The number of rotatable bonds is 3. The molecule has 1 aliphatic rings. The number of ether oxygens (including phenoxy) is 1. The Labute approximate surface area is 143 Å². The van der Waals surface area contributed by atoms with Crippen LogP contribution in [0.2, 0.25) is 0 Å². The van der Waals surface area contributed by atoms with Gasteiger partial charge in [-0.25, -0.2) is 4.79 Å². The summed E-state index contributed by atoms with van der Waals surface area (Å²) in [6, 6.07) is 12.9. The normalized spacial score (nSPS) is 15.2. The van der Waals surface area contributed by atoms with Crippen LogP contribution >= 0.6 is 0 Å². The van der Waals surface area contributed by atoms with Crippen molar-refractivity contribution in [3.05, 3.63) is 42.0 Å². The molecule has 0 fully saturated rings. The van der Waals surface area contributed by atoms with E-state index in [1.807, 2.05) is 27.7 Å². The topological polar surface area (TPSA) is 41.6 Å². The van der Waals surface area contributed by atoms with Gasteiger partial charge in [0.15, 0.2) is 0 Å². The minimum Gasteiger partial charge on any atom is -0.444 e. The number of carbonyl (C=O) groups excluding carboxylic acids is 1. The molecule has 128 valence electrons. The fourth-order valence-electron chi connectivity index (χ4n) is 3.31. The average molecular weight is 326 g/mol. The lowest BCUT2D eigenvalue weighted by molar-refractivity contribution is 0.0510. The van der Waals surface area contributed by atoms with Crippen molar-refractivity contribution >= 4 is 22.6 Å². The highest BCUT2D eigenvalue weighted by Crippen LogP contribution is 2.35. The molecule has 2 aromatic carbocycles. The van der Waals surface area contributed by atoms with Crippen molar-refractivity contribution in [3.63, 3.8) is 0 Å². The third-order valence-corrected chi connectivity index (χ3v) is 4.21. The summed E-state index contributed by atoms with van der Waals surface area (Å²) in [7, 11) is 0. The first-order valence-electron chi connectivity index (χ1n) is 8.58. The van der Waals surface area contributed by atoms with E-state index in [0.29, 0.717) is 0 Å². The minimum absolute atomic E-state index is 0.0183. The standard InChI is InChI=1S/C20H26N2O2/c1-14(21-19(23)24-20(2,3)4)13-22-12-11-16-10-9-15-7-5-6-8-17(15)18(16)22/h5-10,14H,11-13H2,1-4H3,(H,21,23)/t14-/m1/s1. The summed E-state index contributed by atoms with van der Waals surface area (Å²) in [6.07, 6.45) is 0.701. The number of hydrogen-bond acceptors (Lipinski definition) is 3. The van der Waals surface area contributed by atoms with E-state index >= 15 is 0 Å². The van der Waals surface area contributed by atoms with Crippen LogP contribution in [0.5, 0.6) is 0 Å². The largest absolute Gasteiger partial charge is 0.444 e. The predicted octanol–water partition coefficient (Wildman–Crippen LogP) is 4.12. The van der Waals surface area contributed by atoms with Gasteiger partial charge in [-0.15, -0.1) is 0 Å². The van der Waals surface area contributed by atoms with Gasteiger partial charge in [-0.2, -0.15) is 0 Å². The molecule has 0 bridgehead atoms. The highest BCUT2D eigenvalue weighted by molar-refractivity contribution is 5.97. The van der Waals surface area contributed by atoms with Gasteiger partial charge in [-0.05, 0) is 45.1 Å². The zero-order chi connectivity index (χ0) is 17.3. The van der Waals surface area contributed by atoms with Gasteiger partial charge in [-0.1, -0.05) is 36.4 Å². The second-order valence-corrected chi connectivity index (χ2v) is 7.54. The quantitative estimate of drug-likeness (QED) is 0.922. The van der Waals surface area contributed by atoms with E-state index in [0.717, 1.165) is 19.5 Å². The van der Waals surface area contributed by atoms with E-state index in [1.54, 1.807) is 0 Å². The molecule has 1 atom stereocenters. The third-order valence-electron chi connectivity index (χ3n) is 4.21. The number of fused-ring (bicyclic) bond motifs is 3. The first-order chi connectivity index (χ1) is 11.3. The molecule has 1 amide bonds. The Hall–Kier alpha value is -2.23. The van der Waals surface area contributed by atoms with Gasteiger partial charge < -0.3 is 15.0 Å². The van der Waals surface area contributed by atoms with Gasteiger partial charge in [0.05, 0.1) is 0 Å². The molecule has 0 spiro atoms. The van der Waals surface area contributed by atoms with Crippen molar-refractivity contribution in [3.8, 4) is 0 Å². The second-order valence-electron chi connectivity index (χ2n) is 7.54. The van der Waals surface area contributed by atoms with Crippen molar-refractivity contribution < 1.29 is 9.53 Å². The van der Waals surface area contributed by atoms with Crippen molar-refractivity contribution in [2.45, 2.75) is 45.8 Å². The summed E-state index contributed by atoms with van der Waals surface area (Å²) in [6.45, 7) is 9.41. The van der Waals surface area contributed by atoms with Crippen LogP contribution in [0.1, 0.15) is 33.3 Å². The van der Waals surface area contributed by atoms with Gasteiger partial charge in [0, 0.05) is 30.2 Å². The minimum atomic E-state index is -0.472. The lowest BCUT2D eigenvalue weighted by Crippen LogP contribution is -2.43. The van der Waals surface area contributed by atoms with Gasteiger partial charge in [0.1, 0.15) is 5.60 Å². The number of anilines is 1. The monoisotopic (exact) mass is 326 g/mol. The van der Waals surface area contributed by atoms with E-state index < -0.39 is 5.60 Å². The second kappa shape index (κ2) is 6.34. The lowest BCUT2D eigenvalue weighted by atomic mass is 10.0. The van der Waals surface area contributed by atoms with Gasteiger partial charge in [-0.3, -0.25) is 0 Å². The number of alkyl carbamates (subject to hydrolysis) is 1. The summed E-state index contributed by atoms with van der Waals surface area (Å²) >= 11 is 0. The number of carbonyl (C=O) groups is 1. The van der Waals surface area contributed by atoms with Crippen molar-refractivity contribution in [1.82, 2.24) is 5.32 Å². The highest BCUT2D eigenvalue weighted by atomic mass is 16.6. The average Bonchev–Trinajstić information content (AvgIpc) is 2.88. The summed E-state index contributed by atoms with van der Waals surface area (Å²) in [5.74, 6) is 0. The molecular formula is C20H26N2O2. The van der Waals surface area contributed by atoms with E-state index in [4.69, 9.17) is 4.74 Å². The number of hydrogen-bond donors (Lipinski definition) is 1. The Kier molecular flexibility index (Phi) is 4.39. The third kappa shape index (κ3) is 3.64. The van der Waals surface area contributed by atoms with E-state index in [-0.39, 0.29) is 12.1 Å². The van der Waals surface area contributed by atoms with Crippen LogP contribution < -0.4 is 10.2 Å². The molecular weight excluding hydrogens is 300 g/mol. The maximum Gasteiger partial charge on any atom is 0.407 e. The first-order valence-corrected chi connectivity index (χ1v) is 8.58. The summed E-state index contributed by atoms with van der Waals surface area (Å²) in [5, 5.41) is 5.49. The molecule has 0 aliphatic carbocycles. The van der Waals surface area contributed by atoms with Gasteiger partial charge >= 0.3 is 6.09 Å². The molecule has 3 rings (SSSR count). The van der Waals surface area contributed by atoms with Crippen LogP contribution in [-0.2, 0) is 11.2 Å². The smallest absolute Gasteiger partial charge is 0.407 e. The summed E-state index contributed by atoms with van der Waals surface area (Å²) < 4.78 is 5.34. The molecule has 4 heteroatoms. The van der Waals surface area contributed by atoms with Gasteiger partial charge in [0.25, 0.3) is 0 Å². The van der Waals surface area contributed by atoms with E-state index in [9.17, 15) is 4.79 Å². The summed E-state index contributed by atoms with van der Waals surface area (Å²) in [5.41, 5.74) is 2.23. The Bertz CT molecular complexity index is 749. The van der Waals surface area contributed by atoms with Crippen LogP contribution in [-0.4, -0.2) is 30.8 Å². The van der Waals surface area contributed by atoms with Crippen LogP contribution in [0, 0.1) is 0 Å². The zero-order valence-electron chi connectivity index (χ0n) is 14.9.